The number of rotatable bonds is 3. The number of aromatic nitrogens is 1. The molecular formula is C19H19BrN4O2. The van der Waals surface area contributed by atoms with Crippen molar-refractivity contribution in [3.8, 4) is 0 Å². The van der Waals surface area contributed by atoms with Crippen LogP contribution in [0.25, 0.3) is 0 Å². The van der Waals surface area contributed by atoms with Gasteiger partial charge in [-0.1, -0.05) is 22.0 Å². The Morgan fingerprint density at radius 3 is 2.35 bits per heavy atom. The van der Waals surface area contributed by atoms with E-state index in [1.165, 1.54) is 4.90 Å². The van der Waals surface area contributed by atoms with Gasteiger partial charge in [-0.15, -0.1) is 0 Å². The zero-order chi connectivity index (χ0) is 18.1. The highest BCUT2D eigenvalue weighted by atomic mass is 79.9. The lowest BCUT2D eigenvalue weighted by Gasteiger charge is -2.37. The van der Waals surface area contributed by atoms with E-state index in [0.29, 0.717) is 5.69 Å². The largest absolute Gasteiger partial charge is 0.354 e. The summed E-state index contributed by atoms with van der Waals surface area (Å²) in [5, 5.41) is 0. The van der Waals surface area contributed by atoms with E-state index in [4.69, 9.17) is 0 Å². The number of hydrogen-bond donors (Lipinski definition) is 0. The van der Waals surface area contributed by atoms with E-state index in [9.17, 15) is 9.59 Å². The predicted molar refractivity (Wildman–Crippen MR) is 103 cm³/mol. The van der Waals surface area contributed by atoms with Crippen LogP contribution in [0.1, 0.15) is 6.42 Å². The molecule has 0 spiro atoms. The maximum atomic E-state index is 12.9. The zero-order valence-corrected chi connectivity index (χ0v) is 15.8. The van der Waals surface area contributed by atoms with Gasteiger partial charge in [-0.2, -0.15) is 0 Å². The number of amides is 2. The molecule has 0 radical (unpaired) electrons. The minimum absolute atomic E-state index is 0.122. The topological polar surface area (TPSA) is 56.8 Å². The Morgan fingerprint density at radius 2 is 1.69 bits per heavy atom. The monoisotopic (exact) mass is 414 g/mol. The van der Waals surface area contributed by atoms with Crippen LogP contribution in [0.3, 0.4) is 0 Å². The average Bonchev–Trinajstić information content (AvgIpc) is 2.98. The lowest BCUT2D eigenvalue weighted by atomic mass is 10.1. The molecule has 1 aromatic heterocycles. The number of imide groups is 1. The van der Waals surface area contributed by atoms with Crippen molar-refractivity contribution in [1.29, 1.82) is 0 Å². The lowest BCUT2D eigenvalue weighted by molar-refractivity contribution is -0.123. The molecule has 3 heterocycles. The van der Waals surface area contributed by atoms with Gasteiger partial charge in [0.2, 0.25) is 5.91 Å². The molecule has 0 saturated carbocycles. The molecule has 0 unspecified atom stereocenters. The Morgan fingerprint density at radius 1 is 0.962 bits per heavy atom. The van der Waals surface area contributed by atoms with Crippen molar-refractivity contribution in [2.75, 3.05) is 36.0 Å². The van der Waals surface area contributed by atoms with Gasteiger partial charge < -0.3 is 4.90 Å². The summed E-state index contributed by atoms with van der Waals surface area (Å²) in [7, 11) is 0. The number of benzene rings is 1. The molecule has 6 nitrogen and oxygen atoms in total. The quantitative estimate of drug-likeness (QED) is 0.721. The molecule has 1 atom stereocenters. The Kier molecular flexibility index (Phi) is 4.74. The van der Waals surface area contributed by atoms with E-state index in [1.807, 2.05) is 30.3 Å². The molecule has 26 heavy (non-hydrogen) atoms. The molecule has 0 aliphatic carbocycles. The van der Waals surface area contributed by atoms with Crippen molar-refractivity contribution in [2.45, 2.75) is 12.5 Å². The van der Waals surface area contributed by atoms with E-state index in [0.717, 1.165) is 36.5 Å². The van der Waals surface area contributed by atoms with Gasteiger partial charge in [0.1, 0.15) is 5.82 Å². The van der Waals surface area contributed by atoms with Gasteiger partial charge in [-0.05, 0) is 36.4 Å². The van der Waals surface area contributed by atoms with Crippen LogP contribution < -0.4 is 9.80 Å². The van der Waals surface area contributed by atoms with Gasteiger partial charge in [0.05, 0.1) is 18.2 Å². The number of piperazine rings is 1. The van der Waals surface area contributed by atoms with Crippen molar-refractivity contribution in [2.24, 2.45) is 0 Å². The smallest absolute Gasteiger partial charge is 0.251 e. The number of pyridine rings is 1. The SMILES string of the molecule is O=C1C[C@@H](N2CCN(c3ccccn3)CC2)C(=O)N1c1ccc(Br)cc1. The molecule has 2 aliphatic heterocycles. The van der Waals surface area contributed by atoms with Crippen LogP contribution in [0, 0.1) is 0 Å². The third kappa shape index (κ3) is 3.24. The minimum atomic E-state index is -0.364. The number of carbonyl (C=O) groups excluding carboxylic acids is 2. The minimum Gasteiger partial charge on any atom is -0.354 e. The normalized spacial score (nSPS) is 21.5. The van der Waals surface area contributed by atoms with Crippen molar-refractivity contribution in [3.63, 3.8) is 0 Å². The van der Waals surface area contributed by atoms with E-state index >= 15 is 0 Å². The molecule has 1 aromatic carbocycles. The zero-order valence-electron chi connectivity index (χ0n) is 14.2. The predicted octanol–water partition coefficient (Wildman–Crippen LogP) is 2.30. The Balaban J connectivity index is 1.44. The second kappa shape index (κ2) is 7.17. The van der Waals surface area contributed by atoms with Crippen molar-refractivity contribution < 1.29 is 9.59 Å². The van der Waals surface area contributed by atoms with Crippen LogP contribution in [-0.4, -0.2) is 53.9 Å². The Hall–Kier alpha value is -2.25. The van der Waals surface area contributed by atoms with Gasteiger partial charge in [0.25, 0.3) is 5.91 Å². The Labute approximate surface area is 160 Å². The number of anilines is 2. The maximum absolute atomic E-state index is 12.9. The van der Waals surface area contributed by atoms with Crippen molar-refractivity contribution in [3.05, 3.63) is 53.1 Å². The third-order valence-corrected chi connectivity index (χ3v) is 5.46. The summed E-state index contributed by atoms with van der Waals surface area (Å²) in [6.45, 7) is 3.09. The molecule has 2 amide bonds. The molecule has 0 bridgehead atoms. The third-order valence-electron chi connectivity index (χ3n) is 4.94. The fourth-order valence-electron chi connectivity index (χ4n) is 3.57. The first-order chi connectivity index (χ1) is 12.6. The molecule has 4 rings (SSSR count). The fourth-order valence-corrected chi connectivity index (χ4v) is 3.83. The van der Waals surface area contributed by atoms with Crippen molar-refractivity contribution in [1.82, 2.24) is 9.88 Å². The molecule has 2 saturated heterocycles. The van der Waals surface area contributed by atoms with Crippen LogP contribution in [0.2, 0.25) is 0 Å². The van der Waals surface area contributed by atoms with Crippen LogP contribution in [0.4, 0.5) is 11.5 Å². The summed E-state index contributed by atoms with van der Waals surface area (Å²) in [5.74, 6) is 0.704. The van der Waals surface area contributed by atoms with Gasteiger partial charge in [-0.3, -0.25) is 14.5 Å². The number of hydrogen-bond acceptors (Lipinski definition) is 5. The summed E-state index contributed by atoms with van der Waals surface area (Å²) >= 11 is 3.38. The summed E-state index contributed by atoms with van der Waals surface area (Å²) in [4.78, 5) is 35.4. The highest BCUT2D eigenvalue weighted by molar-refractivity contribution is 9.10. The highest BCUT2D eigenvalue weighted by Gasteiger charge is 2.43. The van der Waals surface area contributed by atoms with Crippen LogP contribution in [0.5, 0.6) is 0 Å². The average molecular weight is 415 g/mol. The molecule has 0 N–H and O–H groups in total. The standard InChI is InChI=1S/C19H19BrN4O2/c20-14-4-6-15(7-5-14)24-18(25)13-16(19(24)26)22-9-11-23(12-10-22)17-3-1-2-8-21-17/h1-8,16H,9-13H2/t16-/m1/s1. The summed E-state index contributed by atoms with van der Waals surface area (Å²) < 4.78 is 0.919. The highest BCUT2D eigenvalue weighted by Crippen LogP contribution is 2.27. The van der Waals surface area contributed by atoms with Gasteiger partial charge in [0.15, 0.2) is 0 Å². The molecule has 2 fully saturated rings. The van der Waals surface area contributed by atoms with E-state index in [-0.39, 0.29) is 24.3 Å². The van der Waals surface area contributed by atoms with Gasteiger partial charge >= 0.3 is 0 Å². The number of nitrogens with zero attached hydrogens (tertiary/aromatic N) is 4. The van der Waals surface area contributed by atoms with Crippen LogP contribution in [-0.2, 0) is 9.59 Å². The first-order valence-electron chi connectivity index (χ1n) is 8.66. The van der Waals surface area contributed by atoms with E-state index in [2.05, 4.69) is 30.7 Å². The fraction of sp³-hybridized carbons (Fsp3) is 0.316. The van der Waals surface area contributed by atoms with Crippen LogP contribution in [0.15, 0.2) is 53.1 Å². The molecule has 2 aromatic rings. The van der Waals surface area contributed by atoms with Crippen molar-refractivity contribution >= 4 is 39.2 Å². The summed E-state index contributed by atoms with van der Waals surface area (Å²) in [5.41, 5.74) is 0.637. The second-order valence-corrected chi connectivity index (χ2v) is 7.39. The van der Waals surface area contributed by atoms with E-state index < -0.39 is 0 Å². The maximum Gasteiger partial charge on any atom is 0.251 e. The Bertz CT molecular complexity index is 804. The molecule has 7 heteroatoms. The molecular weight excluding hydrogens is 396 g/mol. The first-order valence-corrected chi connectivity index (χ1v) is 9.45. The number of halogens is 1. The molecule has 2 aliphatic rings. The summed E-state index contributed by atoms with van der Waals surface area (Å²) in [6.07, 6.45) is 2.04. The summed E-state index contributed by atoms with van der Waals surface area (Å²) in [6, 6.07) is 12.8. The first kappa shape index (κ1) is 17.2. The van der Waals surface area contributed by atoms with Crippen LogP contribution >= 0.6 is 15.9 Å². The van der Waals surface area contributed by atoms with Gasteiger partial charge in [0, 0.05) is 36.8 Å². The molecule has 134 valence electrons. The number of carbonyl (C=O) groups is 2. The second-order valence-electron chi connectivity index (χ2n) is 6.47. The van der Waals surface area contributed by atoms with E-state index in [1.54, 1.807) is 18.3 Å². The lowest BCUT2D eigenvalue weighted by Crippen LogP contribution is -2.52. The van der Waals surface area contributed by atoms with Gasteiger partial charge in [-0.25, -0.2) is 9.88 Å².